The van der Waals surface area contributed by atoms with Crippen LogP contribution in [0.5, 0.6) is 0 Å². The van der Waals surface area contributed by atoms with Crippen LogP contribution in [0.2, 0.25) is 0 Å². The molecule has 1 unspecified atom stereocenters. The van der Waals surface area contributed by atoms with Gasteiger partial charge in [-0.25, -0.2) is 0 Å². The molecule has 0 N–H and O–H groups in total. The molecule has 1 atom stereocenters. The predicted molar refractivity (Wildman–Crippen MR) is 86.6 cm³/mol. The fraction of sp³-hybridized carbons (Fsp3) is 0.438. The molecule has 4 nitrogen and oxygen atoms in total. The largest absolute Gasteiger partial charge is 0.379 e. The summed E-state index contributed by atoms with van der Waals surface area (Å²) in [4.78, 5) is 7.89. The van der Waals surface area contributed by atoms with Crippen LogP contribution in [0.1, 0.15) is 16.7 Å². The van der Waals surface area contributed by atoms with Crippen LogP contribution in [-0.4, -0.2) is 43.1 Å². The van der Waals surface area contributed by atoms with Crippen molar-refractivity contribution in [1.82, 2.24) is 4.90 Å². The molecule has 5 heteroatoms. The highest BCUT2D eigenvalue weighted by Gasteiger charge is 2.34. The van der Waals surface area contributed by atoms with Crippen molar-refractivity contribution in [3.63, 3.8) is 0 Å². The average Bonchev–Trinajstić information content (AvgIpc) is 2.81. The number of benzene rings is 1. The van der Waals surface area contributed by atoms with Gasteiger partial charge in [-0.2, -0.15) is 0 Å². The number of hydrogen-bond acceptors (Lipinski definition) is 4. The van der Waals surface area contributed by atoms with E-state index in [1.165, 1.54) is 11.1 Å². The van der Waals surface area contributed by atoms with Crippen molar-refractivity contribution in [2.24, 2.45) is 5.16 Å². The molecule has 0 saturated carbocycles. The quantitative estimate of drug-likeness (QED) is 0.822. The van der Waals surface area contributed by atoms with E-state index in [2.05, 4.69) is 58.5 Å². The summed E-state index contributed by atoms with van der Waals surface area (Å²) in [6.45, 7) is 11.6. The Morgan fingerprint density at radius 1 is 1.24 bits per heavy atom. The average molecular weight is 351 g/mol. The van der Waals surface area contributed by atoms with Crippen LogP contribution in [-0.2, 0) is 9.57 Å². The number of rotatable bonds is 2. The number of morpholine rings is 1. The first kappa shape index (κ1) is 14.8. The number of oxime groups is 1. The van der Waals surface area contributed by atoms with Crippen molar-refractivity contribution in [2.45, 2.75) is 20.1 Å². The summed E-state index contributed by atoms with van der Waals surface area (Å²) in [6, 6.07) is 4.19. The maximum absolute atomic E-state index is 5.66. The van der Waals surface area contributed by atoms with Gasteiger partial charge in [0.2, 0.25) is 6.23 Å². The number of nitrogens with zero attached hydrogens (tertiary/aromatic N) is 2. The Bertz CT molecular complexity index is 583. The molecule has 1 aromatic rings. The van der Waals surface area contributed by atoms with Crippen molar-refractivity contribution < 1.29 is 9.57 Å². The topological polar surface area (TPSA) is 34.1 Å². The van der Waals surface area contributed by atoms with E-state index >= 15 is 0 Å². The van der Waals surface area contributed by atoms with E-state index in [4.69, 9.17) is 9.57 Å². The molecule has 0 aliphatic carbocycles. The summed E-state index contributed by atoms with van der Waals surface area (Å²) < 4.78 is 6.47. The number of halogens is 1. The highest BCUT2D eigenvalue weighted by molar-refractivity contribution is 9.10. The highest BCUT2D eigenvalue weighted by atomic mass is 79.9. The van der Waals surface area contributed by atoms with Gasteiger partial charge in [0, 0.05) is 28.7 Å². The van der Waals surface area contributed by atoms with Crippen LogP contribution >= 0.6 is 15.9 Å². The number of aryl methyl sites for hydroxylation is 2. The van der Waals surface area contributed by atoms with Crippen LogP contribution in [0.25, 0.3) is 0 Å². The molecule has 21 heavy (non-hydrogen) atoms. The molecule has 112 valence electrons. The summed E-state index contributed by atoms with van der Waals surface area (Å²) in [7, 11) is 0. The lowest BCUT2D eigenvalue weighted by molar-refractivity contribution is -0.0660. The first-order chi connectivity index (χ1) is 10.1. The second kappa shape index (κ2) is 5.91. The molecule has 0 spiro atoms. The van der Waals surface area contributed by atoms with E-state index in [0.717, 1.165) is 47.6 Å². The van der Waals surface area contributed by atoms with Gasteiger partial charge in [0.15, 0.2) is 0 Å². The fourth-order valence-corrected chi connectivity index (χ4v) is 3.62. The zero-order valence-corrected chi connectivity index (χ0v) is 13.9. The monoisotopic (exact) mass is 350 g/mol. The number of ether oxygens (including phenoxy) is 1. The summed E-state index contributed by atoms with van der Waals surface area (Å²) >= 11 is 3.53. The van der Waals surface area contributed by atoms with E-state index < -0.39 is 0 Å². The summed E-state index contributed by atoms with van der Waals surface area (Å²) in [5.41, 5.74) is 5.28. The van der Waals surface area contributed by atoms with Gasteiger partial charge in [-0.15, -0.1) is 0 Å². The molecular formula is C16H19BrN2O2. The first-order valence-corrected chi connectivity index (χ1v) is 7.89. The van der Waals surface area contributed by atoms with Gasteiger partial charge in [0.1, 0.15) is 5.71 Å². The second-order valence-corrected chi connectivity index (χ2v) is 6.40. The first-order valence-electron chi connectivity index (χ1n) is 7.10. The predicted octanol–water partition coefficient (Wildman–Crippen LogP) is 3.01. The zero-order valence-electron chi connectivity index (χ0n) is 12.4. The Morgan fingerprint density at radius 2 is 1.86 bits per heavy atom. The van der Waals surface area contributed by atoms with Gasteiger partial charge < -0.3 is 9.57 Å². The van der Waals surface area contributed by atoms with Gasteiger partial charge in [0.05, 0.1) is 13.2 Å². The van der Waals surface area contributed by atoms with E-state index in [0.29, 0.717) is 0 Å². The van der Waals surface area contributed by atoms with E-state index in [1.54, 1.807) is 0 Å². The van der Waals surface area contributed by atoms with Crippen molar-refractivity contribution in [3.8, 4) is 0 Å². The van der Waals surface area contributed by atoms with E-state index in [1.807, 2.05) is 0 Å². The van der Waals surface area contributed by atoms with Gasteiger partial charge in [-0.05, 0) is 37.1 Å². The van der Waals surface area contributed by atoms with Crippen LogP contribution < -0.4 is 0 Å². The zero-order chi connectivity index (χ0) is 15.0. The molecule has 2 heterocycles. The van der Waals surface area contributed by atoms with Crippen LogP contribution in [0, 0.1) is 13.8 Å². The third kappa shape index (κ3) is 2.78. The molecule has 0 radical (unpaired) electrons. The minimum atomic E-state index is -0.161. The van der Waals surface area contributed by atoms with Crippen molar-refractivity contribution in [1.29, 1.82) is 0 Å². The van der Waals surface area contributed by atoms with Gasteiger partial charge in [-0.1, -0.05) is 27.7 Å². The molecular weight excluding hydrogens is 332 g/mol. The SMILES string of the molecule is C=C1C(c2c(C)cc(Br)cc2C)=NOC1N1CCOCC1. The molecule has 3 rings (SSSR count). The summed E-state index contributed by atoms with van der Waals surface area (Å²) in [5.74, 6) is 0. The Kier molecular flexibility index (Phi) is 4.15. The second-order valence-electron chi connectivity index (χ2n) is 5.49. The van der Waals surface area contributed by atoms with Crippen molar-refractivity contribution in [2.75, 3.05) is 26.3 Å². The Hall–Kier alpha value is -1.17. The third-order valence-electron chi connectivity index (χ3n) is 3.96. The molecule has 0 bridgehead atoms. The summed E-state index contributed by atoms with van der Waals surface area (Å²) in [6.07, 6.45) is -0.161. The maximum atomic E-state index is 5.66. The maximum Gasteiger partial charge on any atom is 0.208 e. The third-order valence-corrected chi connectivity index (χ3v) is 4.42. The standard InChI is InChI=1S/C16H19BrN2O2/c1-10-8-13(17)9-11(2)14(10)15-12(3)16(21-18-15)19-4-6-20-7-5-19/h8-9,16H,3-7H2,1-2H3. The molecule has 1 saturated heterocycles. The van der Waals surface area contributed by atoms with Gasteiger partial charge >= 0.3 is 0 Å². The minimum absolute atomic E-state index is 0.161. The van der Waals surface area contributed by atoms with Crippen molar-refractivity contribution in [3.05, 3.63) is 45.4 Å². The summed E-state index contributed by atoms with van der Waals surface area (Å²) in [5, 5.41) is 4.31. The highest BCUT2D eigenvalue weighted by Crippen LogP contribution is 2.29. The molecule has 1 aromatic carbocycles. The Labute approximate surface area is 133 Å². The van der Waals surface area contributed by atoms with E-state index in [-0.39, 0.29) is 6.23 Å². The van der Waals surface area contributed by atoms with Crippen LogP contribution in [0.4, 0.5) is 0 Å². The lowest BCUT2D eigenvalue weighted by Gasteiger charge is -2.30. The molecule has 0 amide bonds. The molecule has 0 aromatic heterocycles. The molecule has 2 aliphatic rings. The van der Waals surface area contributed by atoms with E-state index in [9.17, 15) is 0 Å². The van der Waals surface area contributed by atoms with Crippen LogP contribution in [0.3, 0.4) is 0 Å². The van der Waals surface area contributed by atoms with Crippen molar-refractivity contribution >= 4 is 21.6 Å². The Balaban J connectivity index is 1.86. The van der Waals surface area contributed by atoms with Gasteiger partial charge in [-0.3, -0.25) is 4.90 Å². The normalized spacial score (nSPS) is 23.1. The van der Waals surface area contributed by atoms with Gasteiger partial charge in [0.25, 0.3) is 0 Å². The lowest BCUT2D eigenvalue weighted by Crippen LogP contribution is -2.44. The molecule has 1 fully saturated rings. The minimum Gasteiger partial charge on any atom is -0.379 e. The smallest absolute Gasteiger partial charge is 0.208 e. The number of hydrogen-bond donors (Lipinski definition) is 0. The Morgan fingerprint density at radius 3 is 2.48 bits per heavy atom. The van der Waals surface area contributed by atoms with Crippen LogP contribution in [0.15, 0.2) is 33.9 Å². The molecule has 2 aliphatic heterocycles. The fourth-order valence-electron chi connectivity index (χ4n) is 2.93. The lowest BCUT2D eigenvalue weighted by atomic mass is 9.94.